The lowest BCUT2D eigenvalue weighted by atomic mass is 10.1. The summed E-state index contributed by atoms with van der Waals surface area (Å²) < 4.78 is 44.6. The molecule has 1 saturated heterocycles. The van der Waals surface area contributed by atoms with E-state index in [0.29, 0.717) is 17.3 Å². The zero-order chi connectivity index (χ0) is 20.4. The first-order valence-corrected chi connectivity index (χ1v) is 8.25. The molecule has 0 saturated carbocycles. The Kier molecular flexibility index (Phi) is 5.34. The number of hydrogen-bond donors (Lipinski definition) is 1. The van der Waals surface area contributed by atoms with Crippen molar-refractivity contribution in [1.29, 1.82) is 0 Å². The van der Waals surface area contributed by atoms with Crippen molar-refractivity contribution in [3.8, 4) is 0 Å². The van der Waals surface area contributed by atoms with E-state index in [0.717, 1.165) is 6.07 Å². The molecule has 2 aromatic rings. The van der Waals surface area contributed by atoms with Crippen LogP contribution in [-0.2, 0) is 14.3 Å². The smallest absolute Gasteiger partial charge is 0.337 e. The topological polar surface area (TPSA) is 75.7 Å². The maximum Gasteiger partial charge on any atom is 0.337 e. The van der Waals surface area contributed by atoms with Gasteiger partial charge >= 0.3 is 5.97 Å². The molecule has 6 nitrogen and oxygen atoms in total. The quantitative estimate of drug-likeness (QED) is 0.641. The van der Waals surface area contributed by atoms with Crippen LogP contribution in [0.3, 0.4) is 0 Å². The number of rotatable bonds is 4. The molecule has 1 fully saturated rings. The number of esters is 1. The molecule has 146 valence electrons. The van der Waals surface area contributed by atoms with Crippen molar-refractivity contribution in [2.24, 2.45) is 5.92 Å². The maximum atomic E-state index is 13.7. The number of nitrogens with one attached hydrogen (secondary N) is 1. The molecule has 9 heteroatoms. The van der Waals surface area contributed by atoms with Gasteiger partial charge in [-0.25, -0.2) is 18.0 Å². The van der Waals surface area contributed by atoms with Crippen LogP contribution in [0.4, 0.5) is 24.5 Å². The van der Waals surface area contributed by atoms with Crippen molar-refractivity contribution in [1.82, 2.24) is 0 Å². The van der Waals surface area contributed by atoms with E-state index in [2.05, 4.69) is 10.1 Å². The third-order valence-corrected chi connectivity index (χ3v) is 4.39. The third-order valence-electron chi connectivity index (χ3n) is 4.39. The van der Waals surface area contributed by atoms with E-state index in [1.807, 2.05) is 0 Å². The van der Waals surface area contributed by atoms with Gasteiger partial charge in [-0.3, -0.25) is 9.59 Å². The Balaban J connectivity index is 1.71. The summed E-state index contributed by atoms with van der Waals surface area (Å²) in [4.78, 5) is 37.4. The summed E-state index contributed by atoms with van der Waals surface area (Å²) in [6, 6.07) is 7.66. The molecule has 1 unspecified atom stereocenters. The fourth-order valence-corrected chi connectivity index (χ4v) is 2.89. The first-order valence-electron chi connectivity index (χ1n) is 8.25. The lowest BCUT2D eigenvalue weighted by molar-refractivity contribution is -0.122. The maximum absolute atomic E-state index is 13.7. The number of carbonyl (C=O) groups is 3. The van der Waals surface area contributed by atoms with Gasteiger partial charge < -0.3 is 15.0 Å². The lowest BCUT2D eigenvalue weighted by Gasteiger charge is -2.17. The van der Waals surface area contributed by atoms with Crippen molar-refractivity contribution in [2.45, 2.75) is 6.42 Å². The van der Waals surface area contributed by atoms with E-state index in [4.69, 9.17) is 0 Å². The van der Waals surface area contributed by atoms with Crippen LogP contribution in [-0.4, -0.2) is 31.4 Å². The summed E-state index contributed by atoms with van der Waals surface area (Å²) in [5, 5.41) is 2.18. The number of halogens is 3. The summed E-state index contributed by atoms with van der Waals surface area (Å²) in [6.45, 7) is 0.0214. The average molecular weight is 392 g/mol. The molecule has 1 aliphatic rings. The summed E-state index contributed by atoms with van der Waals surface area (Å²) in [5.41, 5.74) is 0.283. The van der Waals surface area contributed by atoms with Crippen molar-refractivity contribution in [3.05, 3.63) is 59.4 Å². The third kappa shape index (κ3) is 3.68. The van der Waals surface area contributed by atoms with Gasteiger partial charge in [0.05, 0.1) is 24.3 Å². The van der Waals surface area contributed by atoms with Crippen molar-refractivity contribution in [3.63, 3.8) is 0 Å². The molecule has 2 amide bonds. The molecule has 1 N–H and O–H groups in total. The minimum Gasteiger partial charge on any atom is -0.465 e. The zero-order valence-electron chi connectivity index (χ0n) is 14.7. The van der Waals surface area contributed by atoms with Crippen LogP contribution in [0.2, 0.25) is 0 Å². The van der Waals surface area contributed by atoms with Gasteiger partial charge in [0.2, 0.25) is 11.8 Å². The van der Waals surface area contributed by atoms with E-state index in [1.54, 1.807) is 12.1 Å². The number of amides is 2. The molecule has 1 aliphatic heterocycles. The average Bonchev–Trinajstić information content (AvgIpc) is 3.09. The molecule has 0 spiro atoms. The molecule has 1 atom stereocenters. The molecule has 3 rings (SSSR count). The van der Waals surface area contributed by atoms with Gasteiger partial charge in [-0.15, -0.1) is 0 Å². The highest BCUT2D eigenvalue weighted by atomic mass is 19.2. The van der Waals surface area contributed by atoms with Crippen LogP contribution in [0, 0.1) is 23.4 Å². The van der Waals surface area contributed by atoms with Gasteiger partial charge in [-0.05, 0) is 36.4 Å². The van der Waals surface area contributed by atoms with Crippen LogP contribution in [0.5, 0.6) is 0 Å². The van der Waals surface area contributed by atoms with Gasteiger partial charge in [0, 0.05) is 18.7 Å². The fourth-order valence-electron chi connectivity index (χ4n) is 2.89. The van der Waals surface area contributed by atoms with Gasteiger partial charge in [0.25, 0.3) is 0 Å². The SMILES string of the molecule is COC(=O)c1ccc(N2CC(C(=O)Nc3ccc(F)c(F)c3F)CC2=O)cc1. The molecule has 1 heterocycles. The Morgan fingerprint density at radius 3 is 2.39 bits per heavy atom. The van der Waals surface area contributed by atoms with E-state index < -0.39 is 40.9 Å². The molecule has 28 heavy (non-hydrogen) atoms. The molecule has 0 aliphatic carbocycles. The minimum absolute atomic E-state index is 0.0214. The van der Waals surface area contributed by atoms with Crippen molar-refractivity contribution >= 4 is 29.2 Å². The van der Waals surface area contributed by atoms with Crippen LogP contribution >= 0.6 is 0 Å². The second-order valence-electron chi connectivity index (χ2n) is 6.16. The summed E-state index contributed by atoms with van der Waals surface area (Å²) in [6.07, 6.45) is -0.129. The van der Waals surface area contributed by atoms with Gasteiger partial charge in [-0.1, -0.05) is 0 Å². The number of carbonyl (C=O) groups excluding carboxylic acids is 3. The fraction of sp³-hybridized carbons (Fsp3) is 0.211. The monoisotopic (exact) mass is 392 g/mol. The summed E-state index contributed by atoms with van der Waals surface area (Å²) in [7, 11) is 1.25. The normalized spacial score (nSPS) is 16.2. The van der Waals surface area contributed by atoms with Crippen LogP contribution < -0.4 is 10.2 Å². The highest BCUT2D eigenvalue weighted by Gasteiger charge is 2.35. The second-order valence-corrected chi connectivity index (χ2v) is 6.16. The van der Waals surface area contributed by atoms with Crippen LogP contribution in [0.15, 0.2) is 36.4 Å². The zero-order valence-corrected chi connectivity index (χ0v) is 14.7. The molecular weight excluding hydrogens is 377 g/mol. The van der Waals surface area contributed by atoms with Crippen LogP contribution in [0.25, 0.3) is 0 Å². The Bertz CT molecular complexity index is 947. The molecule has 0 aromatic heterocycles. The standard InChI is InChI=1S/C19H15F3N2O4/c1-28-19(27)10-2-4-12(5-3-10)24-9-11(8-15(24)25)18(26)23-14-7-6-13(20)16(21)17(14)22/h2-7,11H,8-9H2,1H3,(H,23,26). The van der Waals surface area contributed by atoms with E-state index in [-0.39, 0.29) is 18.9 Å². The summed E-state index contributed by atoms with van der Waals surface area (Å²) >= 11 is 0. The number of nitrogens with zero attached hydrogens (tertiary/aromatic N) is 1. The number of anilines is 2. The molecule has 0 radical (unpaired) electrons. The van der Waals surface area contributed by atoms with E-state index in [9.17, 15) is 27.6 Å². The highest BCUT2D eigenvalue weighted by molar-refractivity contribution is 6.03. The van der Waals surface area contributed by atoms with Crippen molar-refractivity contribution < 1.29 is 32.3 Å². The van der Waals surface area contributed by atoms with E-state index >= 15 is 0 Å². The number of ether oxygens (including phenoxy) is 1. The lowest BCUT2D eigenvalue weighted by Crippen LogP contribution is -2.28. The molecular formula is C19H15F3N2O4. The first-order chi connectivity index (χ1) is 13.3. The van der Waals surface area contributed by atoms with Crippen molar-refractivity contribution in [2.75, 3.05) is 23.9 Å². The largest absolute Gasteiger partial charge is 0.465 e. The number of hydrogen-bond acceptors (Lipinski definition) is 4. The number of benzene rings is 2. The Hall–Kier alpha value is -3.36. The van der Waals surface area contributed by atoms with Gasteiger partial charge in [0.15, 0.2) is 17.5 Å². The predicted octanol–water partition coefficient (Wildman–Crippen LogP) is 2.88. The molecule has 2 aromatic carbocycles. The van der Waals surface area contributed by atoms with Gasteiger partial charge in [0.1, 0.15) is 0 Å². The van der Waals surface area contributed by atoms with E-state index in [1.165, 1.54) is 24.1 Å². The Morgan fingerprint density at radius 1 is 1.07 bits per heavy atom. The Morgan fingerprint density at radius 2 is 1.75 bits per heavy atom. The minimum atomic E-state index is -1.69. The highest BCUT2D eigenvalue weighted by Crippen LogP contribution is 2.27. The second kappa shape index (κ2) is 7.71. The van der Waals surface area contributed by atoms with Crippen LogP contribution in [0.1, 0.15) is 16.8 Å². The predicted molar refractivity (Wildman–Crippen MR) is 93.2 cm³/mol. The summed E-state index contributed by atoms with van der Waals surface area (Å²) in [5.74, 6) is -6.91. The number of methoxy groups -OCH3 is 1. The molecule has 0 bridgehead atoms. The Labute approximate surface area is 157 Å². The van der Waals surface area contributed by atoms with Gasteiger partial charge in [-0.2, -0.15) is 0 Å². The first kappa shape index (κ1) is 19.4.